The molecule has 5 atom stereocenters. The second-order valence-electron chi connectivity index (χ2n) is 10.2. The van der Waals surface area contributed by atoms with Gasteiger partial charge in [0, 0.05) is 19.0 Å². The molecule has 16 nitrogen and oxygen atoms in total. The van der Waals surface area contributed by atoms with Gasteiger partial charge in [0.25, 0.3) is 5.56 Å². The molecule has 0 aromatic carbocycles. The minimum absolute atomic E-state index is 0.0909. The Morgan fingerprint density at radius 1 is 1.07 bits per heavy atom. The highest BCUT2D eigenvalue weighted by atomic mass is 31.2. The molecule has 2 fully saturated rings. The van der Waals surface area contributed by atoms with Crippen LogP contribution >= 0.6 is 7.82 Å². The van der Waals surface area contributed by atoms with E-state index >= 15 is 0 Å². The Labute approximate surface area is 240 Å². The molecule has 0 spiro atoms. The van der Waals surface area contributed by atoms with Crippen molar-refractivity contribution in [1.29, 1.82) is 0 Å². The summed E-state index contributed by atoms with van der Waals surface area (Å²) < 4.78 is 36.2. The van der Waals surface area contributed by atoms with Crippen LogP contribution in [0.2, 0.25) is 0 Å². The maximum Gasteiger partial charge on any atom is 0.469 e. The molecule has 0 aliphatic carbocycles. The van der Waals surface area contributed by atoms with Crippen LogP contribution in [0.3, 0.4) is 0 Å². The Morgan fingerprint density at radius 3 is 2.55 bits per heavy atom. The molecule has 0 radical (unpaired) electrons. The summed E-state index contributed by atoms with van der Waals surface area (Å²) in [5.74, 6) is 0.607. The normalized spacial score (nSPS) is 24.3. The number of nitrogen functional groups attached to an aromatic ring is 2. The number of rotatable bonds is 8. The van der Waals surface area contributed by atoms with Crippen molar-refractivity contribution in [2.75, 3.05) is 31.3 Å². The van der Waals surface area contributed by atoms with Gasteiger partial charge < -0.3 is 44.6 Å². The van der Waals surface area contributed by atoms with Crippen molar-refractivity contribution < 1.29 is 33.1 Å². The monoisotopic (exact) mass is 606 g/mol. The molecule has 0 amide bonds. The topological polar surface area (TPSA) is 228 Å². The highest BCUT2D eigenvalue weighted by Crippen LogP contribution is 2.40. The lowest BCUT2D eigenvalue weighted by molar-refractivity contribution is -0.0375. The van der Waals surface area contributed by atoms with Gasteiger partial charge in [-0.1, -0.05) is 6.92 Å². The van der Waals surface area contributed by atoms with Crippen LogP contribution in [-0.2, 0) is 23.3 Å². The molecule has 17 heteroatoms. The number of phosphoric ester groups is 1. The molecule has 7 N–H and O–H groups in total. The zero-order valence-corrected chi connectivity index (χ0v) is 24.1. The second kappa shape index (κ2) is 12.5. The Hall–Kier alpha value is -3.37. The largest absolute Gasteiger partial charge is 0.469 e. The summed E-state index contributed by atoms with van der Waals surface area (Å²) in [5, 5.41) is 1.27. The van der Waals surface area contributed by atoms with Gasteiger partial charge in [-0.2, -0.15) is 4.98 Å². The molecule has 0 saturated carbocycles. The molecule has 6 heterocycles. The quantitative estimate of drug-likeness (QED) is 0.181. The number of aromatic nitrogens is 6. The van der Waals surface area contributed by atoms with Crippen LogP contribution in [0.5, 0.6) is 0 Å². The van der Waals surface area contributed by atoms with Crippen LogP contribution in [0.4, 0.5) is 11.8 Å². The van der Waals surface area contributed by atoms with Crippen LogP contribution in [-0.4, -0.2) is 70.9 Å². The predicted octanol–water partition coefficient (Wildman–Crippen LogP) is 2.07. The first-order valence-electron chi connectivity index (χ1n) is 13.6. The summed E-state index contributed by atoms with van der Waals surface area (Å²) in [7, 11) is -4.49. The average molecular weight is 607 g/mol. The van der Waals surface area contributed by atoms with Gasteiger partial charge in [-0.15, -0.1) is 0 Å². The summed E-state index contributed by atoms with van der Waals surface area (Å²) in [6, 6.07) is 3.55. The van der Waals surface area contributed by atoms with Crippen LogP contribution in [0.25, 0.3) is 22.1 Å². The average Bonchev–Trinajstić information content (AvgIpc) is 3.72. The molecule has 4 aromatic rings. The Balaban J connectivity index is 0.000000169. The number of aromatic amines is 1. The van der Waals surface area contributed by atoms with E-state index in [1.165, 1.54) is 6.33 Å². The number of nitrogens with two attached hydrogens (primary N) is 2. The highest BCUT2D eigenvalue weighted by molar-refractivity contribution is 7.46. The first-order valence-corrected chi connectivity index (χ1v) is 15.1. The molecule has 2 aliphatic heterocycles. The summed E-state index contributed by atoms with van der Waals surface area (Å²) >= 11 is 0. The lowest BCUT2D eigenvalue weighted by Crippen LogP contribution is -2.20. The van der Waals surface area contributed by atoms with Gasteiger partial charge >= 0.3 is 7.82 Å². The van der Waals surface area contributed by atoms with E-state index in [1.807, 2.05) is 41.4 Å². The van der Waals surface area contributed by atoms with E-state index in [2.05, 4.69) is 24.5 Å². The third-order valence-corrected chi connectivity index (χ3v) is 7.79. The number of ether oxygens (including phenoxy) is 3. The molecule has 6 rings (SSSR count). The fraction of sp³-hybridized carbons (Fsp3) is 0.520. The van der Waals surface area contributed by atoms with Crippen molar-refractivity contribution in [3.8, 4) is 0 Å². The summed E-state index contributed by atoms with van der Waals surface area (Å²) in [6.07, 6.45) is 6.81. The fourth-order valence-corrected chi connectivity index (χ4v) is 5.53. The molecule has 42 heavy (non-hydrogen) atoms. The minimum Gasteiger partial charge on any atom is -0.383 e. The minimum atomic E-state index is -4.49. The zero-order valence-electron chi connectivity index (χ0n) is 23.2. The van der Waals surface area contributed by atoms with Gasteiger partial charge in [0.05, 0.1) is 36.2 Å². The van der Waals surface area contributed by atoms with Crippen molar-refractivity contribution in [2.45, 2.75) is 57.8 Å². The Kier molecular flexibility index (Phi) is 8.94. The van der Waals surface area contributed by atoms with Crippen molar-refractivity contribution in [2.24, 2.45) is 5.92 Å². The van der Waals surface area contributed by atoms with E-state index in [4.69, 9.17) is 35.5 Å². The summed E-state index contributed by atoms with van der Waals surface area (Å²) in [4.78, 5) is 44.2. The molecule has 5 unspecified atom stereocenters. The van der Waals surface area contributed by atoms with Crippen molar-refractivity contribution in [3.63, 3.8) is 0 Å². The van der Waals surface area contributed by atoms with Crippen LogP contribution in [0.1, 0.15) is 45.6 Å². The summed E-state index contributed by atoms with van der Waals surface area (Å²) in [6.45, 7) is 5.04. The van der Waals surface area contributed by atoms with Gasteiger partial charge in [-0.3, -0.25) is 14.3 Å². The first-order chi connectivity index (χ1) is 20.0. The SMILES string of the molecule is CC1CC(n2ccc3c(N)ncnc32)OC1COP(=O)(O)O.CCOCC1CCC(n2ccc3c(=O)[nH]c(N)nc32)O1. The Morgan fingerprint density at radius 2 is 1.81 bits per heavy atom. The van der Waals surface area contributed by atoms with E-state index in [9.17, 15) is 9.36 Å². The van der Waals surface area contributed by atoms with E-state index in [-0.39, 0.29) is 42.6 Å². The number of nitrogens with zero attached hydrogens (tertiary/aromatic N) is 5. The number of nitrogens with one attached hydrogen (secondary N) is 1. The lowest BCUT2D eigenvalue weighted by atomic mass is 10.0. The fourth-order valence-electron chi connectivity index (χ4n) is 5.19. The van der Waals surface area contributed by atoms with E-state index in [1.54, 1.807) is 6.07 Å². The van der Waals surface area contributed by atoms with Crippen LogP contribution in [0, 0.1) is 5.92 Å². The van der Waals surface area contributed by atoms with Crippen molar-refractivity contribution >= 4 is 41.7 Å². The second-order valence-corrected chi connectivity index (χ2v) is 11.4. The van der Waals surface area contributed by atoms with E-state index < -0.39 is 13.9 Å². The standard InChI is InChI=1S/C13H18N4O3.C12H17N4O5P/c1-2-19-7-8-3-4-10(20-8)17-6-5-9-11(17)15-13(14)16-12(9)18;1-7-4-10(21-9(7)5-20-22(17,18)19)16-3-2-8-11(13)14-6-15-12(8)16/h5-6,8,10H,2-4,7H2,1H3,(H3,14,15,16,18);2-3,6-7,9-10H,4-5H2,1H3,(H2,13,14,15)(H2,17,18,19). The molecule has 4 aromatic heterocycles. The number of hydrogen-bond donors (Lipinski definition) is 5. The van der Waals surface area contributed by atoms with Gasteiger partial charge in [0.15, 0.2) is 5.65 Å². The maximum absolute atomic E-state index is 11.8. The zero-order chi connectivity index (χ0) is 30.0. The number of hydrogen-bond acceptors (Lipinski definition) is 11. The molecule has 228 valence electrons. The van der Waals surface area contributed by atoms with Crippen molar-refractivity contribution in [1.82, 2.24) is 29.1 Å². The molecular weight excluding hydrogens is 571 g/mol. The number of phosphoric acid groups is 1. The number of H-pyrrole nitrogens is 1. The summed E-state index contributed by atoms with van der Waals surface area (Å²) in [5.41, 5.74) is 12.4. The molecule has 0 bridgehead atoms. The van der Waals surface area contributed by atoms with Gasteiger partial charge in [-0.25, -0.2) is 14.5 Å². The van der Waals surface area contributed by atoms with Crippen LogP contribution < -0.4 is 17.0 Å². The lowest BCUT2D eigenvalue weighted by Gasteiger charge is -2.17. The predicted molar refractivity (Wildman–Crippen MR) is 152 cm³/mol. The van der Waals surface area contributed by atoms with Gasteiger partial charge in [0.2, 0.25) is 5.95 Å². The number of anilines is 2. The van der Waals surface area contributed by atoms with Gasteiger partial charge in [0.1, 0.15) is 30.2 Å². The van der Waals surface area contributed by atoms with E-state index in [0.29, 0.717) is 42.1 Å². The molecule has 2 saturated heterocycles. The van der Waals surface area contributed by atoms with E-state index in [0.717, 1.165) is 18.2 Å². The number of fused-ring (bicyclic) bond motifs is 2. The Bertz CT molecular complexity index is 1630. The molecular formula is C25H35N8O8P. The smallest absolute Gasteiger partial charge is 0.383 e. The first kappa shape index (κ1) is 30.1. The maximum atomic E-state index is 11.8. The van der Waals surface area contributed by atoms with Crippen LogP contribution in [0.15, 0.2) is 35.6 Å². The third-order valence-electron chi connectivity index (χ3n) is 7.30. The van der Waals surface area contributed by atoms with Gasteiger partial charge in [-0.05, 0) is 44.2 Å². The highest BCUT2D eigenvalue weighted by Gasteiger charge is 2.35. The molecule has 2 aliphatic rings. The van der Waals surface area contributed by atoms with Crippen molar-refractivity contribution in [3.05, 3.63) is 41.2 Å². The third kappa shape index (κ3) is 6.65.